The molecule has 0 bridgehead atoms. The Morgan fingerprint density at radius 2 is 2.24 bits per heavy atom. The van der Waals surface area contributed by atoms with Crippen molar-refractivity contribution in [2.45, 2.75) is 17.6 Å². The van der Waals surface area contributed by atoms with Crippen LogP contribution in [0.15, 0.2) is 29.4 Å². The van der Waals surface area contributed by atoms with Crippen molar-refractivity contribution in [1.29, 1.82) is 0 Å². The maximum absolute atomic E-state index is 12.3. The molecule has 110 valence electrons. The molecule has 1 fully saturated rings. The van der Waals surface area contributed by atoms with Crippen LogP contribution >= 0.6 is 11.8 Å². The van der Waals surface area contributed by atoms with Crippen LogP contribution in [-0.4, -0.2) is 50.8 Å². The van der Waals surface area contributed by atoms with Gasteiger partial charge in [0, 0.05) is 13.6 Å². The van der Waals surface area contributed by atoms with E-state index in [4.69, 9.17) is 5.11 Å². The fraction of sp³-hybridized carbons (Fsp3) is 0.357. The van der Waals surface area contributed by atoms with Crippen LogP contribution in [0.1, 0.15) is 12.5 Å². The van der Waals surface area contributed by atoms with Gasteiger partial charge in [0.15, 0.2) is 5.16 Å². The van der Waals surface area contributed by atoms with Gasteiger partial charge in [0.2, 0.25) is 5.91 Å². The molecule has 1 aromatic carbocycles. The van der Waals surface area contributed by atoms with Gasteiger partial charge >= 0.3 is 5.97 Å². The number of fused-ring (bicyclic) bond motifs is 1. The van der Waals surface area contributed by atoms with E-state index in [-0.39, 0.29) is 17.7 Å². The number of likely N-dealkylation sites (N-methyl/N-ethyl adjacent to an activating group) is 1. The Kier molecular flexibility index (Phi) is 3.59. The monoisotopic (exact) mass is 305 g/mol. The Morgan fingerprint density at radius 3 is 2.90 bits per heavy atom. The van der Waals surface area contributed by atoms with Gasteiger partial charge in [-0.15, -0.1) is 0 Å². The first kappa shape index (κ1) is 13.9. The van der Waals surface area contributed by atoms with Gasteiger partial charge in [-0.3, -0.25) is 9.59 Å². The number of rotatable bonds is 4. The van der Waals surface area contributed by atoms with Gasteiger partial charge < -0.3 is 14.6 Å². The molecule has 2 heterocycles. The summed E-state index contributed by atoms with van der Waals surface area (Å²) in [6.07, 6.45) is 0.719. The molecule has 1 aliphatic rings. The van der Waals surface area contributed by atoms with Crippen molar-refractivity contribution in [2.24, 2.45) is 0 Å². The van der Waals surface area contributed by atoms with Gasteiger partial charge in [0.25, 0.3) is 0 Å². The van der Waals surface area contributed by atoms with E-state index < -0.39 is 5.97 Å². The zero-order valence-electron chi connectivity index (χ0n) is 11.5. The predicted molar refractivity (Wildman–Crippen MR) is 79.4 cm³/mol. The molecule has 1 aromatic heterocycles. The van der Waals surface area contributed by atoms with Crippen LogP contribution in [-0.2, 0) is 9.59 Å². The van der Waals surface area contributed by atoms with E-state index in [2.05, 4.69) is 4.98 Å². The summed E-state index contributed by atoms with van der Waals surface area (Å²) in [4.78, 5) is 29.3. The first-order valence-corrected chi connectivity index (χ1v) is 7.63. The van der Waals surface area contributed by atoms with Gasteiger partial charge in [0.05, 0.1) is 16.8 Å². The standard InChI is InChI=1S/C14H15N3O3S/c1-16-7-6-11(13(16)20)17-10-5-3-2-4-9(10)15-14(17)21-8-12(18)19/h2-5,11H,6-8H2,1H3,(H,18,19). The number of carbonyl (C=O) groups excluding carboxylic acids is 1. The SMILES string of the molecule is CN1CCC(n2c(SCC(=O)O)nc3ccccc32)C1=O. The number of carbonyl (C=O) groups is 2. The van der Waals surface area contributed by atoms with Crippen molar-refractivity contribution >= 4 is 34.7 Å². The summed E-state index contributed by atoms with van der Waals surface area (Å²) in [5, 5.41) is 9.46. The number of hydrogen-bond donors (Lipinski definition) is 1. The lowest BCUT2D eigenvalue weighted by Gasteiger charge is -2.15. The van der Waals surface area contributed by atoms with Crippen molar-refractivity contribution in [3.05, 3.63) is 24.3 Å². The van der Waals surface area contributed by atoms with Gasteiger partial charge in [-0.1, -0.05) is 23.9 Å². The van der Waals surface area contributed by atoms with Crippen molar-refractivity contribution in [3.8, 4) is 0 Å². The average Bonchev–Trinajstić information content (AvgIpc) is 2.98. The van der Waals surface area contributed by atoms with Crippen LogP contribution in [0.5, 0.6) is 0 Å². The van der Waals surface area contributed by atoms with E-state index in [1.165, 1.54) is 0 Å². The molecule has 7 heteroatoms. The highest BCUT2D eigenvalue weighted by molar-refractivity contribution is 7.99. The highest BCUT2D eigenvalue weighted by Crippen LogP contribution is 2.32. The highest BCUT2D eigenvalue weighted by atomic mass is 32.2. The number of carboxylic acid groups (broad SMARTS) is 1. The van der Waals surface area contributed by atoms with Crippen LogP contribution in [0, 0.1) is 0 Å². The lowest BCUT2D eigenvalue weighted by atomic mass is 10.2. The molecule has 0 radical (unpaired) electrons. The predicted octanol–water partition coefficient (Wildman–Crippen LogP) is 1.62. The van der Waals surface area contributed by atoms with Crippen LogP contribution in [0.25, 0.3) is 11.0 Å². The summed E-state index contributed by atoms with van der Waals surface area (Å²) in [5.41, 5.74) is 1.66. The molecule has 1 atom stereocenters. The third kappa shape index (κ3) is 2.49. The molecule has 1 aliphatic heterocycles. The lowest BCUT2D eigenvalue weighted by molar-refractivity contribution is -0.134. The Morgan fingerprint density at radius 1 is 1.48 bits per heavy atom. The minimum atomic E-state index is -0.895. The van der Waals surface area contributed by atoms with Crippen molar-refractivity contribution in [2.75, 3.05) is 19.3 Å². The molecule has 21 heavy (non-hydrogen) atoms. The molecule has 0 saturated carbocycles. The maximum atomic E-state index is 12.3. The van der Waals surface area contributed by atoms with Crippen LogP contribution < -0.4 is 0 Å². The van der Waals surface area contributed by atoms with Crippen LogP contribution in [0.3, 0.4) is 0 Å². The Labute approximate surface area is 125 Å². The number of amides is 1. The number of para-hydroxylation sites is 2. The highest BCUT2D eigenvalue weighted by Gasteiger charge is 2.33. The normalized spacial score (nSPS) is 18.6. The van der Waals surface area contributed by atoms with E-state index in [9.17, 15) is 9.59 Å². The molecule has 0 spiro atoms. The Balaban J connectivity index is 2.07. The number of nitrogens with zero attached hydrogens (tertiary/aromatic N) is 3. The molecule has 1 unspecified atom stereocenters. The summed E-state index contributed by atoms with van der Waals surface area (Å²) < 4.78 is 1.88. The van der Waals surface area contributed by atoms with E-state index in [0.717, 1.165) is 29.2 Å². The van der Waals surface area contributed by atoms with Gasteiger partial charge in [0.1, 0.15) is 6.04 Å². The topological polar surface area (TPSA) is 75.4 Å². The summed E-state index contributed by atoms with van der Waals surface area (Å²) in [5.74, 6) is -0.913. The van der Waals surface area contributed by atoms with Crippen LogP contribution in [0.4, 0.5) is 0 Å². The quantitative estimate of drug-likeness (QED) is 0.869. The number of thioether (sulfide) groups is 1. The van der Waals surface area contributed by atoms with Crippen LogP contribution in [0.2, 0.25) is 0 Å². The second-order valence-electron chi connectivity index (χ2n) is 5.00. The van der Waals surface area contributed by atoms with E-state index in [1.54, 1.807) is 11.9 Å². The number of aromatic nitrogens is 2. The maximum Gasteiger partial charge on any atom is 0.313 e. The molecular weight excluding hydrogens is 290 g/mol. The largest absolute Gasteiger partial charge is 0.481 e. The number of benzene rings is 1. The van der Waals surface area contributed by atoms with Crippen molar-refractivity contribution in [3.63, 3.8) is 0 Å². The summed E-state index contributed by atoms with van der Waals surface area (Å²) in [7, 11) is 1.78. The third-order valence-electron chi connectivity index (χ3n) is 3.60. The summed E-state index contributed by atoms with van der Waals surface area (Å²) in [6.45, 7) is 0.707. The van der Waals surface area contributed by atoms with Gasteiger partial charge in [-0.05, 0) is 18.6 Å². The summed E-state index contributed by atoms with van der Waals surface area (Å²) >= 11 is 1.15. The van der Waals surface area contributed by atoms with E-state index in [1.807, 2.05) is 28.8 Å². The molecule has 1 saturated heterocycles. The van der Waals surface area contributed by atoms with E-state index >= 15 is 0 Å². The fourth-order valence-electron chi connectivity index (χ4n) is 2.60. The molecule has 0 aliphatic carbocycles. The average molecular weight is 305 g/mol. The van der Waals surface area contributed by atoms with Gasteiger partial charge in [-0.25, -0.2) is 4.98 Å². The van der Waals surface area contributed by atoms with Crippen molar-refractivity contribution in [1.82, 2.24) is 14.5 Å². The Hall–Kier alpha value is -2.02. The minimum absolute atomic E-state index is 0.0512. The smallest absolute Gasteiger partial charge is 0.313 e. The van der Waals surface area contributed by atoms with E-state index in [0.29, 0.717) is 11.7 Å². The van der Waals surface area contributed by atoms with Gasteiger partial charge in [-0.2, -0.15) is 0 Å². The number of aliphatic carboxylic acids is 1. The second-order valence-corrected chi connectivity index (χ2v) is 5.94. The molecule has 1 N–H and O–H groups in total. The third-order valence-corrected chi connectivity index (χ3v) is 4.54. The molecular formula is C14H15N3O3S. The number of imidazole rings is 1. The second kappa shape index (κ2) is 5.40. The number of carboxylic acids is 1. The molecule has 3 rings (SSSR count). The fourth-order valence-corrected chi connectivity index (χ4v) is 3.38. The lowest BCUT2D eigenvalue weighted by Crippen LogP contribution is -2.24. The van der Waals surface area contributed by atoms with Crippen molar-refractivity contribution < 1.29 is 14.7 Å². The first-order valence-electron chi connectivity index (χ1n) is 6.64. The molecule has 6 nitrogen and oxygen atoms in total. The number of likely N-dealkylation sites (tertiary alicyclic amines) is 1. The summed E-state index contributed by atoms with van der Waals surface area (Å²) in [6, 6.07) is 7.28. The molecule has 2 aromatic rings. The zero-order chi connectivity index (χ0) is 15.0. The molecule has 1 amide bonds. The Bertz CT molecular complexity index is 713. The zero-order valence-corrected chi connectivity index (χ0v) is 12.3. The number of hydrogen-bond acceptors (Lipinski definition) is 4. The first-order chi connectivity index (χ1) is 10.1. The minimum Gasteiger partial charge on any atom is -0.481 e.